The first-order chi connectivity index (χ1) is 28.6. The van der Waals surface area contributed by atoms with Crippen molar-refractivity contribution >= 4 is 17.9 Å². The molecule has 0 N–H and O–H groups in total. The summed E-state index contributed by atoms with van der Waals surface area (Å²) in [5.41, 5.74) is 0. The molecule has 0 aliphatic heterocycles. The third-order valence-electron chi connectivity index (χ3n) is 11.4. The predicted octanol–water partition coefficient (Wildman–Crippen LogP) is 12.3. The molecule has 0 aliphatic rings. The third kappa shape index (κ3) is 44.2. The largest absolute Gasteiger partial charge is 0.545 e. The molecule has 0 aromatic rings. The van der Waals surface area contributed by atoms with Gasteiger partial charge < -0.3 is 33.3 Å². The molecule has 9 nitrogen and oxygen atoms in total. The summed E-state index contributed by atoms with van der Waals surface area (Å²) in [6, 6.07) is 0. The summed E-state index contributed by atoms with van der Waals surface area (Å²) < 4.78 is 22.5. The summed E-state index contributed by atoms with van der Waals surface area (Å²) in [6.45, 7) is 4.75. The Labute approximate surface area is 364 Å². The lowest BCUT2D eigenvalue weighted by Gasteiger charge is -2.26. The summed E-state index contributed by atoms with van der Waals surface area (Å²) in [6.07, 6.45) is 41.7. The maximum absolute atomic E-state index is 12.8. The Morgan fingerprint density at radius 1 is 0.441 bits per heavy atom. The number of carboxylic acid groups (broad SMARTS) is 1. The van der Waals surface area contributed by atoms with E-state index in [1.807, 2.05) is 21.1 Å². The first-order valence-corrected chi connectivity index (χ1v) is 25.2. The molecule has 0 bridgehead atoms. The highest BCUT2D eigenvalue weighted by atomic mass is 16.7. The molecule has 0 saturated carbocycles. The van der Waals surface area contributed by atoms with Gasteiger partial charge in [0.1, 0.15) is 13.2 Å². The van der Waals surface area contributed by atoms with Gasteiger partial charge in [0.05, 0.1) is 40.3 Å². The molecule has 9 heteroatoms. The maximum Gasteiger partial charge on any atom is 0.306 e. The number of carbonyl (C=O) groups excluding carboxylic acids is 3. The number of carboxylic acids is 1. The van der Waals surface area contributed by atoms with Crippen LogP contribution in [0.1, 0.15) is 245 Å². The van der Waals surface area contributed by atoms with Crippen molar-refractivity contribution in [3.8, 4) is 0 Å². The second-order valence-electron chi connectivity index (χ2n) is 18.5. The summed E-state index contributed by atoms with van der Waals surface area (Å²) in [7, 11) is 5.92. The molecule has 0 amide bonds. The summed E-state index contributed by atoms with van der Waals surface area (Å²) in [5, 5.41) is 11.7. The van der Waals surface area contributed by atoms with Crippen LogP contribution in [-0.2, 0) is 33.3 Å². The van der Waals surface area contributed by atoms with Gasteiger partial charge in [0, 0.05) is 12.8 Å². The number of likely N-dealkylation sites (N-methyl/N-ethyl adjacent to an activating group) is 1. The van der Waals surface area contributed by atoms with Gasteiger partial charge in [0.15, 0.2) is 12.4 Å². The number of rotatable bonds is 47. The molecule has 0 rings (SSSR count). The zero-order valence-electron chi connectivity index (χ0n) is 39.7. The van der Waals surface area contributed by atoms with E-state index in [1.54, 1.807) is 0 Å². The summed E-state index contributed by atoms with van der Waals surface area (Å²) >= 11 is 0. The first kappa shape index (κ1) is 57.3. The molecule has 2 unspecified atom stereocenters. The first-order valence-electron chi connectivity index (χ1n) is 25.2. The number of aliphatic carboxylic acids is 1. The van der Waals surface area contributed by atoms with Gasteiger partial charge in [-0.1, -0.05) is 219 Å². The zero-order valence-corrected chi connectivity index (χ0v) is 39.7. The van der Waals surface area contributed by atoms with E-state index in [0.717, 1.165) is 38.5 Å². The van der Waals surface area contributed by atoms with Gasteiger partial charge in [0.25, 0.3) is 0 Å². The monoisotopic (exact) mass is 840 g/mol. The Morgan fingerprint density at radius 2 is 0.763 bits per heavy atom. The lowest BCUT2D eigenvalue weighted by Crippen LogP contribution is -2.44. The molecule has 350 valence electrons. The van der Waals surface area contributed by atoms with Crippen LogP contribution in [0.4, 0.5) is 0 Å². The molecule has 2 atom stereocenters. The van der Waals surface area contributed by atoms with Crippen molar-refractivity contribution in [3.63, 3.8) is 0 Å². The standard InChI is InChI=1S/C50H97NO8/c1-6-8-10-12-14-16-17-18-19-20-21-22-23-24-25-26-27-28-29-30-31-32-33-35-37-39-41-48(53)59-46(45-58-50(49(54)55)56-43-42-51(3,4)5)44-57-47(52)40-38-36-34-15-13-11-9-7-2/h46,50H,6-45H2,1-5H3. The molecule has 0 heterocycles. The Balaban J connectivity index is 4.09. The van der Waals surface area contributed by atoms with Crippen molar-refractivity contribution in [2.45, 2.75) is 257 Å². The van der Waals surface area contributed by atoms with Gasteiger partial charge in [-0.3, -0.25) is 9.59 Å². The number of nitrogens with zero attached hydrogens (tertiary/aromatic N) is 1. The molecule has 0 aromatic carbocycles. The van der Waals surface area contributed by atoms with E-state index >= 15 is 0 Å². The zero-order chi connectivity index (χ0) is 43.5. The van der Waals surface area contributed by atoms with Crippen LogP contribution in [0.3, 0.4) is 0 Å². The highest BCUT2D eigenvalue weighted by molar-refractivity contribution is 5.70. The van der Waals surface area contributed by atoms with Crippen molar-refractivity contribution < 1.29 is 42.9 Å². The Morgan fingerprint density at radius 3 is 1.08 bits per heavy atom. The van der Waals surface area contributed by atoms with Crippen molar-refractivity contribution in [1.29, 1.82) is 0 Å². The topological polar surface area (TPSA) is 111 Å². The van der Waals surface area contributed by atoms with E-state index in [9.17, 15) is 19.5 Å². The Kier molecular flexibility index (Phi) is 41.7. The molecule has 0 saturated heterocycles. The molecule has 0 fully saturated rings. The van der Waals surface area contributed by atoms with Crippen molar-refractivity contribution in [3.05, 3.63) is 0 Å². The van der Waals surface area contributed by atoms with Gasteiger partial charge in [-0.2, -0.15) is 0 Å². The van der Waals surface area contributed by atoms with Gasteiger partial charge in [0.2, 0.25) is 0 Å². The van der Waals surface area contributed by atoms with E-state index in [-0.39, 0.29) is 32.2 Å². The van der Waals surface area contributed by atoms with Crippen LogP contribution in [0.25, 0.3) is 0 Å². The highest BCUT2D eigenvalue weighted by Gasteiger charge is 2.22. The molecule has 0 spiro atoms. The minimum absolute atomic E-state index is 0.153. The number of hydrogen-bond donors (Lipinski definition) is 0. The highest BCUT2D eigenvalue weighted by Crippen LogP contribution is 2.17. The normalized spacial score (nSPS) is 12.8. The van der Waals surface area contributed by atoms with Gasteiger partial charge in [-0.05, 0) is 12.8 Å². The smallest absolute Gasteiger partial charge is 0.306 e. The van der Waals surface area contributed by atoms with E-state index < -0.39 is 24.3 Å². The molecule has 0 radical (unpaired) electrons. The number of unbranched alkanes of at least 4 members (excludes halogenated alkanes) is 32. The van der Waals surface area contributed by atoms with Crippen LogP contribution in [0.2, 0.25) is 0 Å². The molecular formula is C50H97NO8. The molecule has 59 heavy (non-hydrogen) atoms. The predicted molar refractivity (Wildman–Crippen MR) is 242 cm³/mol. The van der Waals surface area contributed by atoms with Crippen LogP contribution < -0.4 is 5.11 Å². The number of esters is 2. The molecule has 0 aromatic heterocycles. The van der Waals surface area contributed by atoms with Crippen LogP contribution in [0, 0.1) is 0 Å². The van der Waals surface area contributed by atoms with Crippen LogP contribution >= 0.6 is 0 Å². The number of ether oxygens (including phenoxy) is 4. The second-order valence-corrected chi connectivity index (χ2v) is 18.5. The quantitative estimate of drug-likeness (QED) is 0.0258. The van der Waals surface area contributed by atoms with E-state index in [0.29, 0.717) is 17.4 Å². The number of quaternary nitrogens is 1. The van der Waals surface area contributed by atoms with Crippen LogP contribution in [0.5, 0.6) is 0 Å². The van der Waals surface area contributed by atoms with Crippen molar-refractivity contribution in [1.82, 2.24) is 0 Å². The van der Waals surface area contributed by atoms with E-state index in [4.69, 9.17) is 18.9 Å². The van der Waals surface area contributed by atoms with E-state index in [1.165, 1.54) is 180 Å². The minimum Gasteiger partial charge on any atom is -0.545 e. The summed E-state index contributed by atoms with van der Waals surface area (Å²) in [5.74, 6) is -2.27. The average Bonchev–Trinajstić information content (AvgIpc) is 3.19. The maximum atomic E-state index is 12.8. The second kappa shape index (κ2) is 43.0. The average molecular weight is 840 g/mol. The fourth-order valence-corrected chi connectivity index (χ4v) is 7.42. The summed E-state index contributed by atoms with van der Waals surface area (Å²) in [4.78, 5) is 36.9. The number of carbonyl (C=O) groups is 3. The van der Waals surface area contributed by atoms with Crippen molar-refractivity contribution in [2.24, 2.45) is 0 Å². The fraction of sp³-hybridized carbons (Fsp3) is 0.940. The number of hydrogen-bond acceptors (Lipinski definition) is 8. The van der Waals surface area contributed by atoms with Gasteiger partial charge in [-0.25, -0.2) is 0 Å². The fourth-order valence-electron chi connectivity index (χ4n) is 7.42. The molecular weight excluding hydrogens is 743 g/mol. The van der Waals surface area contributed by atoms with E-state index in [2.05, 4.69) is 13.8 Å². The molecule has 0 aliphatic carbocycles. The van der Waals surface area contributed by atoms with Crippen LogP contribution in [-0.4, -0.2) is 82.3 Å². The third-order valence-corrected chi connectivity index (χ3v) is 11.4. The minimum atomic E-state index is -1.61. The van der Waals surface area contributed by atoms with Gasteiger partial charge >= 0.3 is 11.9 Å². The van der Waals surface area contributed by atoms with Crippen LogP contribution in [0.15, 0.2) is 0 Å². The lowest BCUT2D eigenvalue weighted by atomic mass is 10.0. The SMILES string of the molecule is CCCCCCCCCCCCCCCCCCCCCCCCCCCCC(=O)OC(COC(=O)CCCCCCCCCC)COC(OCC[N+](C)(C)C)C(=O)[O-]. The Hall–Kier alpha value is -1.71. The van der Waals surface area contributed by atoms with Crippen molar-refractivity contribution in [2.75, 3.05) is 47.5 Å². The van der Waals surface area contributed by atoms with Gasteiger partial charge in [-0.15, -0.1) is 0 Å². The lowest BCUT2D eigenvalue weighted by molar-refractivity contribution is -0.870. The Bertz CT molecular complexity index is 938.